The molecule has 2 atom stereocenters. The lowest BCUT2D eigenvalue weighted by atomic mass is 9.97. The van der Waals surface area contributed by atoms with Gasteiger partial charge in [0.2, 0.25) is 5.91 Å². The number of ether oxygens (including phenoxy) is 1. The van der Waals surface area contributed by atoms with Crippen molar-refractivity contribution in [1.29, 1.82) is 0 Å². The average Bonchev–Trinajstić information content (AvgIpc) is 3.13. The van der Waals surface area contributed by atoms with Crippen LogP contribution >= 0.6 is 0 Å². The monoisotopic (exact) mass is 735 g/mol. The Morgan fingerprint density at radius 1 is 0.442 bits per heavy atom. The molecule has 0 aromatic heterocycles. The second-order valence-electron chi connectivity index (χ2n) is 16.7. The van der Waals surface area contributed by atoms with Gasteiger partial charge in [-0.2, -0.15) is 0 Å². The second kappa shape index (κ2) is 39.7. The molecule has 0 radical (unpaired) electrons. The van der Waals surface area contributed by atoms with Crippen LogP contribution in [-0.4, -0.2) is 67.4 Å². The Hall–Kier alpha value is -0.940. The highest BCUT2D eigenvalue weighted by Crippen LogP contribution is 2.22. The number of amides is 1. The Balaban J connectivity index is 4.75. The molecule has 0 rings (SSSR count). The quantitative estimate of drug-likeness (QED) is 0.0586. The second-order valence-corrected chi connectivity index (χ2v) is 16.7. The molecule has 0 aliphatic heterocycles. The lowest BCUT2D eigenvalue weighted by Crippen LogP contribution is -2.41. The summed E-state index contributed by atoms with van der Waals surface area (Å²) >= 11 is 0. The van der Waals surface area contributed by atoms with Gasteiger partial charge < -0.3 is 14.5 Å². The van der Waals surface area contributed by atoms with Gasteiger partial charge in [-0.15, -0.1) is 0 Å². The van der Waals surface area contributed by atoms with Crippen molar-refractivity contribution < 1.29 is 14.3 Å². The minimum atomic E-state index is 0.266. The molecule has 2 unspecified atom stereocenters. The van der Waals surface area contributed by atoms with Gasteiger partial charge in [-0.3, -0.25) is 9.59 Å². The van der Waals surface area contributed by atoms with Crippen molar-refractivity contribution in [1.82, 2.24) is 9.80 Å². The van der Waals surface area contributed by atoms with Crippen LogP contribution < -0.4 is 0 Å². The number of ketones is 1. The van der Waals surface area contributed by atoms with Crippen molar-refractivity contribution in [2.24, 2.45) is 0 Å². The highest BCUT2D eigenvalue weighted by molar-refractivity contribution is 5.79. The van der Waals surface area contributed by atoms with E-state index in [1.54, 1.807) is 0 Å². The molecule has 0 aliphatic rings. The van der Waals surface area contributed by atoms with Gasteiger partial charge >= 0.3 is 0 Å². The first kappa shape index (κ1) is 51.1. The summed E-state index contributed by atoms with van der Waals surface area (Å²) in [6.07, 6.45) is 41.1. The van der Waals surface area contributed by atoms with Crippen LogP contribution in [0.25, 0.3) is 0 Å². The van der Waals surface area contributed by atoms with Crippen LogP contribution in [0.3, 0.4) is 0 Å². The van der Waals surface area contributed by atoms with Gasteiger partial charge in [0.25, 0.3) is 0 Å². The SMILES string of the molecule is CCCCCCCCCC(CCCCCCCCC(=O)COC(CCCCCC)CCCCCCC)N(CCCN(C)C)C(=O)CCCCCCC. The Labute approximate surface area is 326 Å². The molecule has 1 amide bonds. The molecule has 52 heavy (non-hydrogen) atoms. The largest absolute Gasteiger partial charge is 0.370 e. The molecule has 0 saturated carbocycles. The molecule has 0 N–H and O–H groups in total. The Kier molecular flexibility index (Phi) is 39.0. The zero-order valence-corrected chi connectivity index (χ0v) is 36.4. The highest BCUT2D eigenvalue weighted by Gasteiger charge is 2.23. The number of Topliss-reactive ketones (excluding diaryl/α,β-unsaturated/α-hetero) is 1. The summed E-state index contributed by atoms with van der Waals surface area (Å²) in [7, 11) is 4.28. The third-order valence-corrected chi connectivity index (χ3v) is 11.1. The maximum Gasteiger partial charge on any atom is 0.222 e. The summed E-state index contributed by atoms with van der Waals surface area (Å²) in [5.41, 5.74) is 0. The molecule has 5 heteroatoms. The van der Waals surface area contributed by atoms with Crippen molar-refractivity contribution >= 4 is 11.7 Å². The van der Waals surface area contributed by atoms with E-state index in [4.69, 9.17) is 4.74 Å². The standard InChI is InChI=1S/C47H94N2O3/c1-7-11-15-19-20-25-28-35-44(49(42-34-41-48(5)6)47(51)40-33-24-17-13-9-3)36-29-26-21-22-27-30-37-45(50)43-52-46(38-31-18-14-10-4)39-32-23-16-12-8-2/h44,46H,7-43H2,1-6H3. The van der Waals surface area contributed by atoms with E-state index in [1.165, 1.54) is 161 Å². The summed E-state index contributed by atoms with van der Waals surface area (Å²) in [5, 5.41) is 0. The molecule has 0 aromatic rings. The van der Waals surface area contributed by atoms with Crippen LogP contribution in [0.15, 0.2) is 0 Å². The molecule has 0 bridgehead atoms. The Bertz CT molecular complexity index is 757. The average molecular weight is 735 g/mol. The van der Waals surface area contributed by atoms with Crippen LogP contribution in [0.4, 0.5) is 0 Å². The summed E-state index contributed by atoms with van der Waals surface area (Å²) in [6, 6.07) is 0.394. The molecule has 5 nitrogen and oxygen atoms in total. The topological polar surface area (TPSA) is 49.9 Å². The molecule has 0 saturated heterocycles. The molecule has 310 valence electrons. The first-order valence-electron chi connectivity index (χ1n) is 23.5. The van der Waals surface area contributed by atoms with Gasteiger partial charge in [0.1, 0.15) is 6.61 Å². The minimum absolute atomic E-state index is 0.266. The van der Waals surface area contributed by atoms with Gasteiger partial charge in [0.05, 0.1) is 6.10 Å². The predicted molar refractivity (Wildman–Crippen MR) is 228 cm³/mol. The first-order chi connectivity index (χ1) is 25.4. The zero-order chi connectivity index (χ0) is 38.3. The summed E-state index contributed by atoms with van der Waals surface area (Å²) in [5.74, 6) is 0.703. The van der Waals surface area contributed by atoms with Crippen molar-refractivity contribution in [3.8, 4) is 0 Å². The van der Waals surface area contributed by atoms with Crippen LogP contribution in [0.1, 0.15) is 246 Å². The number of rotatable bonds is 42. The van der Waals surface area contributed by atoms with Crippen molar-refractivity contribution in [3.05, 3.63) is 0 Å². The highest BCUT2D eigenvalue weighted by atomic mass is 16.5. The maximum absolute atomic E-state index is 13.7. The number of carbonyl (C=O) groups is 2. The molecule has 0 aromatic carbocycles. The van der Waals surface area contributed by atoms with E-state index in [-0.39, 0.29) is 6.10 Å². The van der Waals surface area contributed by atoms with E-state index in [9.17, 15) is 9.59 Å². The summed E-state index contributed by atoms with van der Waals surface area (Å²) in [6.45, 7) is 11.3. The molecule has 0 spiro atoms. The summed E-state index contributed by atoms with van der Waals surface area (Å²) in [4.78, 5) is 31.0. The lowest BCUT2D eigenvalue weighted by molar-refractivity contribution is -0.134. The number of hydrogen-bond donors (Lipinski definition) is 0. The third-order valence-electron chi connectivity index (χ3n) is 11.1. The van der Waals surface area contributed by atoms with E-state index in [2.05, 4.69) is 51.6 Å². The smallest absolute Gasteiger partial charge is 0.222 e. The first-order valence-corrected chi connectivity index (χ1v) is 23.5. The van der Waals surface area contributed by atoms with Crippen LogP contribution in [0.2, 0.25) is 0 Å². The fourth-order valence-corrected chi connectivity index (χ4v) is 7.66. The van der Waals surface area contributed by atoms with E-state index in [1.807, 2.05) is 0 Å². The van der Waals surface area contributed by atoms with Gasteiger partial charge in [-0.25, -0.2) is 0 Å². The van der Waals surface area contributed by atoms with Crippen LogP contribution in [0.5, 0.6) is 0 Å². The third kappa shape index (κ3) is 33.6. The normalized spacial score (nSPS) is 12.8. The lowest BCUT2D eigenvalue weighted by Gasteiger charge is -2.33. The number of unbranched alkanes of at least 4 members (excludes halogenated alkanes) is 22. The van der Waals surface area contributed by atoms with E-state index < -0.39 is 0 Å². The molecular weight excluding hydrogens is 641 g/mol. The zero-order valence-electron chi connectivity index (χ0n) is 36.4. The van der Waals surface area contributed by atoms with E-state index >= 15 is 0 Å². The van der Waals surface area contributed by atoms with Gasteiger partial charge in [-0.1, -0.05) is 188 Å². The number of carbonyl (C=O) groups excluding carboxylic acids is 2. The number of hydrogen-bond acceptors (Lipinski definition) is 4. The van der Waals surface area contributed by atoms with E-state index in [0.717, 1.165) is 64.5 Å². The summed E-state index contributed by atoms with van der Waals surface area (Å²) < 4.78 is 6.21. The van der Waals surface area contributed by atoms with Gasteiger partial charge in [-0.05, 0) is 65.6 Å². The molecule has 0 heterocycles. The van der Waals surface area contributed by atoms with Crippen molar-refractivity contribution in [2.45, 2.75) is 258 Å². The Morgan fingerprint density at radius 3 is 1.29 bits per heavy atom. The molecule has 0 aliphatic carbocycles. The van der Waals surface area contributed by atoms with Gasteiger partial charge in [0.15, 0.2) is 5.78 Å². The number of nitrogens with zero attached hydrogens (tertiary/aromatic N) is 2. The van der Waals surface area contributed by atoms with Crippen molar-refractivity contribution in [3.63, 3.8) is 0 Å². The van der Waals surface area contributed by atoms with E-state index in [0.29, 0.717) is 30.8 Å². The molecular formula is C47H94N2O3. The Morgan fingerprint density at radius 2 is 0.827 bits per heavy atom. The van der Waals surface area contributed by atoms with Crippen LogP contribution in [0, 0.1) is 0 Å². The minimum Gasteiger partial charge on any atom is -0.370 e. The van der Waals surface area contributed by atoms with Gasteiger partial charge in [0, 0.05) is 25.4 Å². The fourth-order valence-electron chi connectivity index (χ4n) is 7.66. The predicted octanol–water partition coefficient (Wildman–Crippen LogP) is 14.0. The maximum atomic E-state index is 13.7. The molecule has 0 fully saturated rings. The van der Waals surface area contributed by atoms with Crippen molar-refractivity contribution in [2.75, 3.05) is 33.8 Å². The fraction of sp³-hybridized carbons (Fsp3) is 0.957. The van der Waals surface area contributed by atoms with Crippen LogP contribution in [-0.2, 0) is 14.3 Å².